The first kappa shape index (κ1) is 16.0. The molecule has 7 nitrogen and oxygen atoms in total. The molecule has 2 aromatic carbocycles. The highest BCUT2D eigenvalue weighted by molar-refractivity contribution is 7.92. The number of anilines is 1. The zero-order chi connectivity index (χ0) is 17.0. The van der Waals surface area contributed by atoms with Crippen LogP contribution in [-0.2, 0) is 16.6 Å². The summed E-state index contributed by atoms with van der Waals surface area (Å²) in [6.45, 7) is 0.0855. The summed E-state index contributed by atoms with van der Waals surface area (Å²) in [6.07, 6.45) is 1.09. The van der Waals surface area contributed by atoms with Gasteiger partial charge in [-0.2, -0.15) is 0 Å². The summed E-state index contributed by atoms with van der Waals surface area (Å²) >= 11 is 0. The van der Waals surface area contributed by atoms with Crippen molar-refractivity contribution in [3.05, 3.63) is 60.5 Å². The van der Waals surface area contributed by atoms with Crippen LogP contribution in [0.15, 0.2) is 59.0 Å². The molecule has 3 rings (SSSR count). The number of ether oxygens (including phenoxy) is 1. The van der Waals surface area contributed by atoms with E-state index in [2.05, 4.69) is 14.9 Å². The molecule has 1 heterocycles. The lowest BCUT2D eigenvalue weighted by atomic mass is 10.2. The Balaban J connectivity index is 1.66. The molecule has 0 radical (unpaired) electrons. The van der Waals surface area contributed by atoms with Crippen molar-refractivity contribution in [2.45, 2.75) is 6.61 Å². The van der Waals surface area contributed by atoms with E-state index in [4.69, 9.17) is 9.15 Å². The van der Waals surface area contributed by atoms with Gasteiger partial charge in [-0.05, 0) is 24.3 Å². The van der Waals surface area contributed by atoms with Gasteiger partial charge < -0.3 is 9.15 Å². The Labute approximate surface area is 139 Å². The van der Waals surface area contributed by atoms with E-state index in [1.54, 1.807) is 24.3 Å². The molecule has 0 amide bonds. The highest BCUT2D eigenvalue weighted by atomic mass is 32.2. The van der Waals surface area contributed by atoms with Crippen molar-refractivity contribution in [2.24, 2.45) is 0 Å². The molecule has 8 heteroatoms. The van der Waals surface area contributed by atoms with E-state index < -0.39 is 10.0 Å². The normalized spacial score (nSPS) is 11.2. The monoisotopic (exact) mass is 345 g/mol. The van der Waals surface area contributed by atoms with Gasteiger partial charge in [0, 0.05) is 11.6 Å². The summed E-state index contributed by atoms with van der Waals surface area (Å²) < 4.78 is 36.0. The van der Waals surface area contributed by atoms with Crippen LogP contribution in [-0.4, -0.2) is 24.9 Å². The molecule has 0 saturated heterocycles. The van der Waals surface area contributed by atoms with E-state index in [1.165, 1.54) is 0 Å². The molecule has 0 atom stereocenters. The zero-order valence-electron chi connectivity index (χ0n) is 12.8. The first-order chi connectivity index (χ1) is 11.5. The van der Waals surface area contributed by atoms with E-state index in [1.807, 2.05) is 30.3 Å². The number of hydrogen-bond acceptors (Lipinski definition) is 6. The van der Waals surface area contributed by atoms with Crippen molar-refractivity contribution in [3.8, 4) is 17.2 Å². The van der Waals surface area contributed by atoms with Crippen molar-refractivity contribution in [1.29, 1.82) is 0 Å². The third-order valence-electron chi connectivity index (χ3n) is 2.99. The minimum absolute atomic E-state index is 0.0855. The predicted octanol–water partition coefficient (Wildman–Crippen LogP) is 2.69. The Kier molecular flexibility index (Phi) is 4.48. The minimum atomic E-state index is -3.33. The van der Waals surface area contributed by atoms with Gasteiger partial charge in [-0.1, -0.05) is 24.3 Å². The lowest BCUT2D eigenvalue weighted by molar-refractivity contribution is 0.264. The van der Waals surface area contributed by atoms with Crippen molar-refractivity contribution in [1.82, 2.24) is 10.2 Å². The second-order valence-corrected chi connectivity index (χ2v) is 6.81. The standard InChI is InChI=1S/C16H15N3O4S/c1-24(20,21)19-13-8-5-9-14(10-13)22-11-15-17-18-16(23-15)12-6-3-2-4-7-12/h2-10,19H,11H2,1H3. The van der Waals surface area contributed by atoms with Crippen molar-refractivity contribution >= 4 is 15.7 Å². The quantitative estimate of drug-likeness (QED) is 0.738. The smallest absolute Gasteiger partial charge is 0.254 e. The number of aromatic nitrogens is 2. The second kappa shape index (κ2) is 6.71. The van der Waals surface area contributed by atoms with Crippen molar-refractivity contribution in [2.75, 3.05) is 11.0 Å². The molecule has 0 saturated carbocycles. The summed E-state index contributed by atoms with van der Waals surface area (Å²) in [6, 6.07) is 16.0. The number of sulfonamides is 1. The van der Waals surface area contributed by atoms with Gasteiger partial charge in [-0.25, -0.2) is 8.42 Å². The van der Waals surface area contributed by atoms with E-state index in [9.17, 15) is 8.42 Å². The molecule has 0 aliphatic heterocycles. The molecular formula is C16H15N3O4S. The second-order valence-electron chi connectivity index (χ2n) is 5.06. The molecule has 0 aliphatic carbocycles. The molecule has 0 aliphatic rings. The van der Waals surface area contributed by atoms with Crippen LogP contribution < -0.4 is 9.46 Å². The predicted molar refractivity (Wildman–Crippen MR) is 89.0 cm³/mol. The molecule has 0 bridgehead atoms. The van der Waals surface area contributed by atoms with Gasteiger partial charge >= 0.3 is 0 Å². The Hall–Kier alpha value is -2.87. The first-order valence-corrected chi connectivity index (χ1v) is 8.97. The maximum atomic E-state index is 11.2. The summed E-state index contributed by atoms with van der Waals surface area (Å²) in [5, 5.41) is 7.91. The SMILES string of the molecule is CS(=O)(=O)Nc1cccc(OCc2nnc(-c3ccccc3)o2)c1. The molecular weight excluding hydrogens is 330 g/mol. The van der Waals surface area contributed by atoms with Crippen LogP contribution in [0.5, 0.6) is 5.75 Å². The summed E-state index contributed by atoms with van der Waals surface area (Å²) in [5.74, 6) is 1.24. The van der Waals surface area contributed by atoms with Crippen LogP contribution in [0.25, 0.3) is 11.5 Å². The Morgan fingerprint density at radius 1 is 1.08 bits per heavy atom. The minimum Gasteiger partial charge on any atom is -0.484 e. The van der Waals surface area contributed by atoms with Gasteiger partial charge in [0.1, 0.15) is 5.75 Å². The maximum Gasteiger partial charge on any atom is 0.254 e. The van der Waals surface area contributed by atoms with E-state index in [0.717, 1.165) is 11.8 Å². The fraction of sp³-hybridized carbons (Fsp3) is 0.125. The first-order valence-electron chi connectivity index (χ1n) is 7.08. The molecule has 24 heavy (non-hydrogen) atoms. The van der Waals surface area contributed by atoms with Gasteiger partial charge in [0.15, 0.2) is 6.61 Å². The number of rotatable bonds is 6. The van der Waals surface area contributed by atoms with Crippen LogP contribution in [0.3, 0.4) is 0 Å². The lowest BCUT2D eigenvalue weighted by Gasteiger charge is -2.07. The van der Waals surface area contributed by atoms with Crippen LogP contribution in [0, 0.1) is 0 Å². The summed E-state index contributed by atoms with van der Waals surface area (Å²) in [7, 11) is -3.33. The van der Waals surface area contributed by atoms with Crippen LogP contribution in [0.4, 0.5) is 5.69 Å². The number of hydrogen-bond donors (Lipinski definition) is 1. The van der Waals surface area contributed by atoms with E-state index >= 15 is 0 Å². The van der Waals surface area contributed by atoms with Crippen LogP contribution >= 0.6 is 0 Å². The molecule has 124 valence electrons. The molecule has 0 spiro atoms. The van der Waals surface area contributed by atoms with Crippen LogP contribution in [0.1, 0.15) is 5.89 Å². The Bertz CT molecular complexity index is 923. The molecule has 1 aromatic heterocycles. The topological polar surface area (TPSA) is 94.3 Å². The van der Waals surface area contributed by atoms with Crippen LogP contribution in [0.2, 0.25) is 0 Å². The van der Waals surface area contributed by atoms with E-state index in [-0.39, 0.29) is 6.61 Å². The Morgan fingerprint density at radius 2 is 1.88 bits per heavy atom. The lowest BCUT2D eigenvalue weighted by Crippen LogP contribution is -2.09. The highest BCUT2D eigenvalue weighted by Gasteiger charge is 2.09. The van der Waals surface area contributed by atoms with E-state index in [0.29, 0.717) is 23.2 Å². The molecule has 0 unspecified atom stereocenters. The molecule has 3 aromatic rings. The number of benzene rings is 2. The average Bonchev–Trinajstić information content (AvgIpc) is 3.01. The zero-order valence-corrected chi connectivity index (χ0v) is 13.7. The van der Waals surface area contributed by atoms with Crippen molar-refractivity contribution < 1.29 is 17.6 Å². The molecule has 1 N–H and O–H groups in total. The highest BCUT2D eigenvalue weighted by Crippen LogP contribution is 2.21. The van der Waals surface area contributed by atoms with Gasteiger partial charge in [0.2, 0.25) is 15.9 Å². The number of nitrogens with zero attached hydrogens (tertiary/aromatic N) is 2. The maximum absolute atomic E-state index is 11.2. The average molecular weight is 345 g/mol. The third kappa shape index (κ3) is 4.32. The molecule has 0 fully saturated rings. The third-order valence-corrected chi connectivity index (χ3v) is 3.59. The van der Waals surface area contributed by atoms with Gasteiger partial charge in [-0.15, -0.1) is 10.2 Å². The summed E-state index contributed by atoms with van der Waals surface area (Å²) in [4.78, 5) is 0. The number of nitrogens with one attached hydrogen (secondary N) is 1. The Morgan fingerprint density at radius 3 is 2.62 bits per heavy atom. The largest absolute Gasteiger partial charge is 0.484 e. The summed E-state index contributed by atoms with van der Waals surface area (Å²) in [5.41, 5.74) is 1.25. The van der Waals surface area contributed by atoms with Gasteiger partial charge in [-0.3, -0.25) is 4.72 Å². The van der Waals surface area contributed by atoms with Gasteiger partial charge in [0.05, 0.1) is 11.9 Å². The van der Waals surface area contributed by atoms with Crippen molar-refractivity contribution in [3.63, 3.8) is 0 Å². The fourth-order valence-corrected chi connectivity index (χ4v) is 2.57. The van der Waals surface area contributed by atoms with Gasteiger partial charge in [0.25, 0.3) is 5.89 Å². The fourth-order valence-electron chi connectivity index (χ4n) is 2.02.